The van der Waals surface area contributed by atoms with Crippen molar-refractivity contribution in [1.82, 2.24) is 0 Å². The van der Waals surface area contributed by atoms with Crippen LogP contribution in [0, 0.1) is 0 Å². The fourth-order valence-corrected chi connectivity index (χ4v) is 2.17. The smallest absolute Gasteiger partial charge is 0.317 e. The minimum absolute atomic E-state index is 0.170. The van der Waals surface area contributed by atoms with Crippen LogP contribution in [0.2, 0.25) is 5.02 Å². The molecular weight excluding hydrogens is 262 g/mol. The number of rotatable bonds is 1. The molecule has 0 aliphatic carbocycles. The molecule has 94 valence electrons. The van der Waals surface area contributed by atoms with E-state index < -0.39 is 0 Å². The van der Waals surface area contributed by atoms with Crippen LogP contribution in [0.5, 0.6) is 5.75 Å². The van der Waals surface area contributed by atoms with Crippen LogP contribution < -0.4 is 4.74 Å². The van der Waals surface area contributed by atoms with Crippen LogP contribution in [0.15, 0.2) is 53.5 Å². The zero-order chi connectivity index (χ0) is 13.2. The van der Waals surface area contributed by atoms with Gasteiger partial charge < -0.3 is 4.74 Å². The standard InChI is InChI=1S/C15H10ClNO2/c16-10-4-3-5-11(8-10)17-13-9-15(18)19-14-7-2-1-6-12(13)14/h1-8H,9H2. The number of halogens is 1. The SMILES string of the molecule is O=C1CC(=Nc2cccc(Cl)c2)c2ccccc2O1. The zero-order valence-corrected chi connectivity index (χ0v) is 10.7. The minimum atomic E-state index is -0.292. The lowest BCUT2D eigenvalue weighted by molar-refractivity contribution is -0.133. The second-order valence-electron chi connectivity index (χ2n) is 4.19. The summed E-state index contributed by atoms with van der Waals surface area (Å²) in [5.41, 5.74) is 2.28. The summed E-state index contributed by atoms with van der Waals surface area (Å²) >= 11 is 5.93. The minimum Gasteiger partial charge on any atom is -0.426 e. The van der Waals surface area contributed by atoms with Crippen molar-refractivity contribution in [3.63, 3.8) is 0 Å². The lowest BCUT2D eigenvalue weighted by atomic mass is 10.0. The van der Waals surface area contributed by atoms with Crippen molar-refractivity contribution in [2.24, 2.45) is 4.99 Å². The van der Waals surface area contributed by atoms with Gasteiger partial charge in [-0.3, -0.25) is 9.79 Å². The number of carbonyl (C=O) groups excluding carboxylic acids is 1. The molecule has 3 nitrogen and oxygen atoms in total. The third-order valence-electron chi connectivity index (χ3n) is 2.81. The van der Waals surface area contributed by atoms with Gasteiger partial charge in [-0.25, -0.2) is 0 Å². The fourth-order valence-electron chi connectivity index (χ4n) is 1.99. The van der Waals surface area contributed by atoms with Crippen LogP contribution in [0.3, 0.4) is 0 Å². The number of para-hydroxylation sites is 1. The van der Waals surface area contributed by atoms with Gasteiger partial charge in [0.25, 0.3) is 0 Å². The highest BCUT2D eigenvalue weighted by molar-refractivity contribution is 6.30. The van der Waals surface area contributed by atoms with Gasteiger partial charge >= 0.3 is 5.97 Å². The Kier molecular flexibility index (Phi) is 3.05. The fraction of sp³-hybridized carbons (Fsp3) is 0.0667. The highest BCUT2D eigenvalue weighted by Gasteiger charge is 2.22. The Balaban J connectivity index is 2.08. The average molecular weight is 272 g/mol. The van der Waals surface area contributed by atoms with E-state index in [1.807, 2.05) is 30.3 Å². The Morgan fingerprint density at radius 1 is 1.11 bits per heavy atom. The molecule has 0 saturated heterocycles. The summed E-state index contributed by atoms with van der Waals surface area (Å²) in [7, 11) is 0. The molecule has 0 aromatic heterocycles. The van der Waals surface area contributed by atoms with Gasteiger partial charge in [-0.15, -0.1) is 0 Å². The molecule has 19 heavy (non-hydrogen) atoms. The molecule has 0 fully saturated rings. The van der Waals surface area contributed by atoms with Crippen LogP contribution >= 0.6 is 11.6 Å². The van der Waals surface area contributed by atoms with E-state index in [9.17, 15) is 4.79 Å². The first-order valence-corrected chi connectivity index (χ1v) is 6.23. The largest absolute Gasteiger partial charge is 0.426 e. The molecule has 1 aliphatic rings. The second-order valence-corrected chi connectivity index (χ2v) is 4.62. The summed E-state index contributed by atoms with van der Waals surface area (Å²) in [6.45, 7) is 0. The highest BCUT2D eigenvalue weighted by Crippen LogP contribution is 2.27. The van der Waals surface area contributed by atoms with Crippen molar-refractivity contribution in [2.75, 3.05) is 0 Å². The summed E-state index contributed by atoms with van der Waals surface area (Å²) < 4.78 is 5.18. The third-order valence-corrected chi connectivity index (χ3v) is 3.04. The molecule has 0 radical (unpaired) electrons. The first kappa shape index (κ1) is 11.9. The quantitative estimate of drug-likeness (QED) is 0.585. The molecule has 0 spiro atoms. The monoisotopic (exact) mass is 271 g/mol. The summed E-state index contributed by atoms with van der Waals surface area (Å²) in [6.07, 6.45) is 0.170. The second kappa shape index (κ2) is 4.86. The molecule has 2 aromatic rings. The summed E-state index contributed by atoms with van der Waals surface area (Å²) in [5, 5.41) is 0.619. The number of esters is 1. The molecule has 0 unspecified atom stereocenters. The Hall–Kier alpha value is -2.13. The molecule has 0 atom stereocenters. The maximum Gasteiger partial charge on any atom is 0.317 e. The number of fused-ring (bicyclic) bond motifs is 1. The molecule has 4 heteroatoms. The van der Waals surface area contributed by atoms with Crippen molar-refractivity contribution < 1.29 is 9.53 Å². The van der Waals surface area contributed by atoms with E-state index in [1.165, 1.54) is 0 Å². The van der Waals surface area contributed by atoms with Crippen LogP contribution in [-0.4, -0.2) is 11.7 Å². The molecule has 0 bridgehead atoms. The van der Waals surface area contributed by atoms with Crippen LogP contribution in [0.4, 0.5) is 5.69 Å². The maximum atomic E-state index is 11.6. The number of aliphatic imine (C=N–C) groups is 1. The predicted molar refractivity (Wildman–Crippen MR) is 74.3 cm³/mol. The van der Waals surface area contributed by atoms with Gasteiger partial charge in [0.05, 0.1) is 17.8 Å². The Morgan fingerprint density at radius 2 is 1.95 bits per heavy atom. The molecule has 3 rings (SSSR count). The van der Waals surface area contributed by atoms with Crippen molar-refractivity contribution in [3.8, 4) is 5.75 Å². The van der Waals surface area contributed by atoms with Crippen molar-refractivity contribution in [3.05, 3.63) is 59.1 Å². The van der Waals surface area contributed by atoms with Gasteiger partial charge in [-0.2, -0.15) is 0 Å². The Morgan fingerprint density at radius 3 is 2.79 bits per heavy atom. The van der Waals surface area contributed by atoms with E-state index in [4.69, 9.17) is 16.3 Å². The van der Waals surface area contributed by atoms with Gasteiger partial charge in [-0.1, -0.05) is 29.8 Å². The van der Waals surface area contributed by atoms with E-state index in [0.717, 1.165) is 11.3 Å². The number of ether oxygens (including phenoxy) is 1. The Bertz CT molecular complexity index is 679. The number of hydrogen-bond acceptors (Lipinski definition) is 3. The van der Waals surface area contributed by atoms with Gasteiger partial charge in [0.1, 0.15) is 5.75 Å². The molecule has 0 saturated carbocycles. The molecule has 1 heterocycles. The van der Waals surface area contributed by atoms with Crippen molar-refractivity contribution in [2.45, 2.75) is 6.42 Å². The first-order valence-electron chi connectivity index (χ1n) is 5.85. The molecule has 0 amide bonds. The van der Waals surface area contributed by atoms with Crippen molar-refractivity contribution in [1.29, 1.82) is 0 Å². The third kappa shape index (κ3) is 2.51. The summed E-state index contributed by atoms with van der Waals surface area (Å²) in [6, 6.07) is 14.6. The first-order chi connectivity index (χ1) is 9.22. The number of carbonyl (C=O) groups is 1. The topological polar surface area (TPSA) is 38.7 Å². The number of benzene rings is 2. The van der Waals surface area contributed by atoms with E-state index in [-0.39, 0.29) is 12.4 Å². The maximum absolute atomic E-state index is 11.6. The van der Waals surface area contributed by atoms with E-state index in [1.54, 1.807) is 18.2 Å². The lowest BCUT2D eigenvalue weighted by Gasteiger charge is -2.17. The normalized spacial score (nSPS) is 16.1. The van der Waals surface area contributed by atoms with E-state index in [0.29, 0.717) is 16.5 Å². The van der Waals surface area contributed by atoms with Crippen LogP contribution in [0.25, 0.3) is 0 Å². The summed E-state index contributed by atoms with van der Waals surface area (Å²) in [5.74, 6) is 0.263. The highest BCUT2D eigenvalue weighted by atomic mass is 35.5. The van der Waals surface area contributed by atoms with Gasteiger partial charge in [-0.05, 0) is 30.3 Å². The summed E-state index contributed by atoms with van der Waals surface area (Å²) in [4.78, 5) is 16.1. The molecule has 2 aromatic carbocycles. The van der Waals surface area contributed by atoms with Gasteiger partial charge in [0.15, 0.2) is 0 Å². The number of hydrogen-bond donors (Lipinski definition) is 0. The van der Waals surface area contributed by atoms with E-state index in [2.05, 4.69) is 4.99 Å². The Labute approximate surface area is 115 Å². The van der Waals surface area contributed by atoms with Crippen LogP contribution in [0.1, 0.15) is 12.0 Å². The van der Waals surface area contributed by atoms with Gasteiger partial charge in [0, 0.05) is 10.6 Å². The number of nitrogens with zero attached hydrogens (tertiary/aromatic N) is 1. The zero-order valence-electron chi connectivity index (χ0n) is 9.97. The lowest BCUT2D eigenvalue weighted by Crippen LogP contribution is -2.21. The predicted octanol–water partition coefficient (Wildman–Crippen LogP) is 3.77. The van der Waals surface area contributed by atoms with Crippen molar-refractivity contribution >= 4 is 29.0 Å². The van der Waals surface area contributed by atoms with Gasteiger partial charge in [0.2, 0.25) is 0 Å². The van der Waals surface area contributed by atoms with Crippen LogP contribution in [-0.2, 0) is 4.79 Å². The average Bonchev–Trinajstić information content (AvgIpc) is 2.38. The molecule has 0 N–H and O–H groups in total. The molecule has 1 aliphatic heterocycles. The van der Waals surface area contributed by atoms with E-state index >= 15 is 0 Å². The molecular formula is C15H10ClNO2.